The Bertz CT molecular complexity index is 2030. The molecule has 15 nitrogen and oxygen atoms in total. The molecule has 1 fully saturated rings. The van der Waals surface area contributed by atoms with E-state index in [-0.39, 0.29) is 37.0 Å². The molecule has 4 atom stereocenters. The molecule has 0 bridgehead atoms. The third kappa shape index (κ3) is 8.91. The van der Waals surface area contributed by atoms with Crippen LogP contribution in [-0.4, -0.2) is 69.5 Å². The van der Waals surface area contributed by atoms with Gasteiger partial charge >= 0.3 is 6.03 Å². The number of nitrogens with zero attached hydrogens (tertiary/aromatic N) is 6. The maximum atomic E-state index is 13.5. The van der Waals surface area contributed by atoms with E-state index >= 15 is 0 Å². The third-order valence-electron chi connectivity index (χ3n) is 9.49. The smallest absolute Gasteiger partial charge is 0.320 e. The Labute approximate surface area is 304 Å². The molecule has 1 aromatic carbocycles. The van der Waals surface area contributed by atoms with Crippen molar-refractivity contribution in [2.75, 3.05) is 23.1 Å². The molecule has 0 spiro atoms. The molecule has 4 aromatic rings. The zero-order valence-corrected chi connectivity index (χ0v) is 31.1. The summed E-state index contributed by atoms with van der Waals surface area (Å²) >= 11 is 0. The van der Waals surface area contributed by atoms with Gasteiger partial charge < -0.3 is 25.7 Å². The fraction of sp³-hybridized carbons (Fsp3) is 0.472. The van der Waals surface area contributed by atoms with Gasteiger partial charge in [0.05, 0.1) is 31.6 Å². The van der Waals surface area contributed by atoms with Crippen molar-refractivity contribution in [3.8, 4) is 5.75 Å². The van der Waals surface area contributed by atoms with Gasteiger partial charge in [0.15, 0.2) is 11.5 Å². The second-order valence-corrected chi connectivity index (χ2v) is 15.5. The molecule has 4 N–H and O–H groups in total. The second kappa shape index (κ2) is 15.7. The highest BCUT2D eigenvalue weighted by Crippen LogP contribution is 2.39. The summed E-state index contributed by atoms with van der Waals surface area (Å²) in [7, 11) is -3.56. The molecule has 6 rings (SSSR count). The van der Waals surface area contributed by atoms with Crippen LogP contribution in [0.5, 0.6) is 5.75 Å². The molecule has 1 aliphatic heterocycles. The van der Waals surface area contributed by atoms with Crippen molar-refractivity contribution in [3.63, 3.8) is 0 Å². The van der Waals surface area contributed by atoms with Crippen molar-refractivity contribution in [2.45, 2.75) is 90.6 Å². The number of piperidine rings is 1. The lowest BCUT2D eigenvalue weighted by Crippen LogP contribution is -2.44. The van der Waals surface area contributed by atoms with Crippen molar-refractivity contribution in [2.24, 2.45) is 5.92 Å². The molecule has 0 saturated carbocycles. The number of pyridine rings is 1. The highest BCUT2D eigenvalue weighted by atomic mass is 32.2. The molecule has 4 heterocycles. The Balaban J connectivity index is 1.13. The number of hydrogen-bond donors (Lipinski definition) is 4. The van der Waals surface area contributed by atoms with Crippen molar-refractivity contribution in [1.82, 2.24) is 35.0 Å². The molecule has 1 saturated heterocycles. The van der Waals surface area contributed by atoms with E-state index in [0.29, 0.717) is 42.2 Å². The number of ether oxygens (including phenoxy) is 1. The van der Waals surface area contributed by atoms with Crippen LogP contribution in [0.3, 0.4) is 0 Å². The molecule has 16 heteroatoms. The van der Waals surface area contributed by atoms with Crippen LogP contribution < -0.4 is 25.6 Å². The lowest BCUT2D eigenvalue weighted by molar-refractivity contribution is 0.171. The largest absolute Gasteiger partial charge is 0.484 e. The number of hydrogen-bond acceptors (Lipinski definition) is 11. The molecule has 2 aliphatic rings. The molecular formula is C36H48N10O5S. The maximum absolute atomic E-state index is 13.5. The minimum Gasteiger partial charge on any atom is -0.484 e. The van der Waals surface area contributed by atoms with Crippen LogP contribution in [0.1, 0.15) is 83.1 Å². The standard InChI is InChI=1S/C36H48N10O5S/c1-23(2)29(37)21-33(39-32-17-18-44(43-32)19-20-50-52(5,48)49)40-35(47)38-30-14-15-31(28-12-7-6-11-27(28)30)51-26-13-16-34-41-42-36(45(34)22-26)46-24(3)9-8-10-25(46)4/h6-7,11-13,16-18,21-25,30-31,37H,8-10,14-15,19-20H2,1-5H3,(H,39,43)(H2,38,40,47)/b33-21+,37-29?/t24-,25+,30-,31+/m0/s1. The van der Waals surface area contributed by atoms with Crippen molar-refractivity contribution >= 4 is 39.3 Å². The highest BCUT2D eigenvalue weighted by molar-refractivity contribution is 7.85. The predicted molar refractivity (Wildman–Crippen MR) is 199 cm³/mol. The molecule has 0 unspecified atom stereocenters. The SMILES string of the molecule is CC(C)C(=N)/C=C(/NC(=O)N[C@H]1CC[C@@H](Oc2ccc3nnc(N4[C@H](C)CCC[C@@H]4C)n3c2)c2ccccc21)Nc1ccn(CCOS(C)(=O)=O)n1. The van der Waals surface area contributed by atoms with Gasteiger partial charge in [0.25, 0.3) is 10.1 Å². The van der Waals surface area contributed by atoms with Gasteiger partial charge in [-0.25, -0.2) is 4.79 Å². The summed E-state index contributed by atoms with van der Waals surface area (Å²) in [4.78, 5) is 15.8. The molecule has 278 valence electrons. The van der Waals surface area contributed by atoms with Gasteiger partial charge in [0.1, 0.15) is 17.7 Å². The first-order chi connectivity index (χ1) is 24.8. The quantitative estimate of drug-likeness (QED) is 0.101. The number of carbonyl (C=O) groups excluding carboxylic acids is 1. The maximum Gasteiger partial charge on any atom is 0.320 e. The van der Waals surface area contributed by atoms with Crippen LogP contribution in [0.15, 0.2) is 66.8 Å². The molecule has 3 aromatic heterocycles. The summed E-state index contributed by atoms with van der Waals surface area (Å²) in [5, 5.41) is 30.8. The fourth-order valence-corrected chi connectivity index (χ4v) is 7.20. The number of rotatable bonds is 13. The van der Waals surface area contributed by atoms with Gasteiger partial charge in [-0.2, -0.15) is 13.5 Å². The molecule has 1 aliphatic carbocycles. The van der Waals surface area contributed by atoms with E-state index in [1.165, 1.54) is 11.1 Å². The van der Waals surface area contributed by atoms with Crippen molar-refractivity contribution < 1.29 is 22.1 Å². The first kappa shape index (κ1) is 36.8. The third-order valence-corrected chi connectivity index (χ3v) is 10.1. The molecular weight excluding hydrogens is 685 g/mol. The van der Waals surface area contributed by atoms with Crippen molar-refractivity contribution in [1.29, 1.82) is 5.41 Å². The summed E-state index contributed by atoms with van der Waals surface area (Å²) in [6.45, 7) is 8.41. The fourth-order valence-electron chi connectivity index (χ4n) is 6.82. The molecule has 2 amide bonds. The predicted octanol–water partition coefficient (Wildman–Crippen LogP) is 5.55. The lowest BCUT2D eigenvalue weighted by Gasteiger charge is -2.39. The van der Waals surface area contributed by atoms with Crippen LogP contribution in [0, 0.1) is 11.3 Å². The van der Waals surface area contributed by atoms with Crippen LogP contribution in [0.25, 0.3) is 5.65 Å². The molecule has 52 heavy (non-hydrogen) atoms. The van der Waals surface area contributed by atoms with Gasteiger partial charge in [0.2, 0.25) is 5.95 Å². The summed E-state index contributed by atoms with van der Waals surface area (Å²) in [6, 6.07) is 13.6. The Morgan fingerprint density at radius 2 is 1.79 bits per heavy atom. The highest BCUT2D eigenvalue weighted by Gasteiger charge is 2.31. The monoisotopic (exact) mass is 732 g/mol. The van der Waals surface area contributed by atoms with E-state index in [0.717, 1.165) is 41.8 Å². The first-order valence-electron chi connectivity index (χ1n) is 17.8. The average molecular weight is 733 g/mol. The van der Waals surface area contributed by atoms with Gasteiger partial charge in [-0.3, -0.25) is 18.6 Å². The molecule has 0 radical (unpaired) electrons. The minimum atomic E-state index is -3.56. The normalized spacial score (nSPS) is 20.8. The number of fused-ring (bicyclic) bond motifs is 2. The summed E-state index contributed by atoms with van der Waals surface area (Å²) < 4.78 is 37.6. The Hall–Kier alpha value is -4.96. The minimum absolute atomic E-state index is 0.0638. The number of carbonyl (C=O) groups is 1. The Kier molecular flexibility index (Phi) is 11.1. The van der Waals surface area contributed by atoms with E-state index in [1.807, 2.05) is 60.8 Å². The zero-order chi connectivity index (χ0) is 37.0. The van der Waals surface area contributed by atoms with Crippen LogP contribution in [-0.2, 0) is 20.8 Å². The van der Waals surface area contributed by atoms with Crippen LogP contribution in [0.2, 0.25) is 0 Å². The van der Waals surface area contributed by atoms with Crippen LogP contribution in [0.4, 0.5) is 16.6 Å². The number of anilines is 2. The Morgan fingerprint density at radius 3 is 2.52 bits per heavy atom. The summed E-state index contributed by atoms with van der Waals surface area (Å²) in [5.41, 5.74) is 3.05. The van der Waals surface area contributed by atoms with Crippen LogP contribution >= 0.6 is 0 Å². The van der Waals surface area contributed by atoms with E-state index in [2.05, 4.69) is 50.0 Å². The first-order valence-corrected chi connectivity index (χ1v) is 19.6. The van der Waals surface area contributed by atoms with Gasteiger partial charge in [-0.15, -0.1) is 10.2 Å². The van der Waals surface area contributed by atoms with Gasteiger partial charge in [0, 0.05) is 36.1 Å². The second-order valence-electron chi connectivity index (χ2n) is 13.9. The van der Waals surface area contributed by atoms with Crippen molar-refractivity contribution in [3.05, 3.63) is 77.9 Å². The summed E-state index contributed by atoms with van der Waals surface area (Å²) in [6.07, 6.45) is 10.7. The van der Waals surface area contributed by atoms with E-state index in [1.54, 1.807) is 18.3 Å². The number of urea groups is 1. The number of amides is 2. The lowest BCUT2D eigenvalue weighted by atomic mass is 9.85. The van der Waals surface area contributed by atoms with E-state index < -0.39 is 16.1 Å². The number of benzene rings is 1. The van der Waals surface area contributed by atoms with Gasteiger partial charge in [-0.1, -0.05) is 38.1 Å². The average Bonchev–Trinajstić information content (AvgIpc) is 3.71. The number of allylic oxidation sites excluding steroid dienone is 1. The number of aromatic nitrogens is 5. The van der Waals surface area contributed by atoms with E-state index in [9.17, 15) is 13.2 Å². The topological polar surface area (TPSA) is 181 Å². The number of nitrogens with one attached hydrogen (secondary N) is 4. The van der Waals surface area contributed by atoms with E-state index in [4.69, 9.17) is 14.3 Å². The zero-order valence-electron chi connectivity index (χ0n) is 30.2. The Morgan fingerprint density at radius 1 is 1.04 bits per heavy atom. The van der Waals surface area contributed by atoms with Gasteiger partial charge in [-0.05, 0) is 75.1 Å². The summed E-state index contributed by atoms with van der Waals surface area (Å²) in [5.74, 6) is 2.15.